The van der Waals surface area contributed by atoms with Gasteiger partial charge in [-0.25, -0.2) is 22.8 Å². The second-order valence-corrected chi connectivity index (χ2v) is 7.26. The highest BCUT2D eigenvalue weighted by Crippen LogP contribution is 2.30. The maximum Gasteiger partial charge on any atom is 0.416 e. The number of nitrogens with one attached hydrogen (secondary N) is 2. The molecule has 1 heterocycles. The summed E-state index contributed by atoms with van der Waals surface area (Å²) in [6.45, 7) is -0.662. The molecule has 2 N–H and O–H groups in total. The molecule has 0 saturated heterocycles. The number of benzene rings is 2. The lowest BCUT2D eigenvalue weighted by atomic mass is 10.2. The average Bonchev–Trinajstić information content (AvgIpc) is 3.03. The number of alkyl halides is 3. The quantitative estimate of drug-likeness (QED) is 0.689. The van der Waals surface area contributed by atoms with Gasteiger partial charge < -0.3 is 0 Å². The summed E-state index contributed by atoms with van der Waals surface area (Å²) in [5.41, 5.74) is 2.57. The summed E-state index contributed by atoms with van der Waals surface area (Å²) in [5, 5.41) is 0. The van der Waals surface area contributed by atoms with Crippen LogP contribution in [-0.2, 0) is 21.0 Å². The summed E-state index contributed by atoms with van der Waals surface area (Å²) in [5.74, 6) is -0.714. The first-order valence-electron chi connectivity index (χ1n) is 7.56. The Hall–Kier alpha value is -2.92. The number of halogens is 3. The number of carbonyl (C=O) groups is 1. The van der Waals surface area contributed by atoms with Gasteiger partial charge in [-0.3, -0.25) is 10.2 Å². The highest BCUT2D eigenvalue weighted by atomic mass is 32.2. The summed E-state index contributed by atoms with van der Waals surface area (Å²) < 4.78 is 65.8. The Morgan fingerprint density at radius 2 is 1.85 bits per heavy atom. The second kappa shape index (κ2) is 7.00. The Bertz CT molecular complexity index is 1090. The molecule has 3 aromatic rings. The molecule has 0 saturated carbocycles. The van der Waals surface area contributed by atoms with Crippen LogP contribution in [0.5, 0.6) is 0 Å². The molecule has 11 heteroatoms. The fraction of sp³-hybridized carbons (Fsp3) is 0.125. The van der Waals surface area contributed by atoms with Crippen LogP contribution in [-0.4, -0.2) is 30.5 Å². The number of rotatable bonds is 5. The van der Waals surface area contributed by atoms with Gasteiger partial charge in [0.2, 0.25) is 10.0 Å². The zero-order valence-electron chi connectivity index (χ0n) is 13.6. The molecule has 0 spiro atoms. The molecule has 1 amide bonds. The van der Waals surface area contributed by atoms with Crippen molar-refractivity contribution in [2.45, 2.75) is 11.1 Å². The fourth-order valence-electron chi connectivity index (χ4n) is 2.31. The Balaban J connectivity index is 1.69. The lowest BCUT2D eigenvalue weighted by molar-refractivity contribution is -0.137. The minimum absolute atomic E-state index is 0.504. The van der Waals surface area contributed by atoms with E-state index in [9.17, 15) is 26.4 Å². The predicted octanol–water partition coefficient (Wildman–Crippen LogP) is 2.10. The minimum atomic E-state index is -4.68. The van der Waals surface area contributed by atoms with Crippen molar-refractivity contribution in [3.63, 3.8) is 0 Å². The molecule has 3 rings (SSSR count). The van der Waals surface area contributed by atoms with Gasteiger partial charge >= 0.3 is 6.18 Å². The predicted molar refractivity (Wildman–Crippen MR) is 90.7 cm³/mol. The SMILES string of the molecule is O=C(CNS(=O)(=O)c1cccc(C(F)(F)F)c1)Nn1cnc2ccccc21. The molecule has 0 atom stereocenters. The van der Waals surface area contributed by atoms with E-state index in [1.807, 2.05) is 4.72 Å². The van der Waals surface area contributed by atoms with Gasteiger partial charge in [-0.2, -0.15) is 13.2 Å². The van der Waals surface area contributed by atoms with Crippen molar-refractivity contribution in [3.05, 3.63) is 60.4 Å². The Labute approximate surface area is 151 Å². The Morgan fingerprint density at radius 1 is 1.11 bits per heavy atom. The monoisotopic (exact) mass is 398 g/mol. The van der Waals surface area contributed by atoms with Gasteiger partial charge in [0, 0.05) is 0 Å². The van der Waals surface area contributed by atoms with Crippen molar-refractivity contribution in [2.75, 3.05) is 12.0 Å². The fourth-order valence-corrected chi connectivity index (χ4v) is 3.33. The number of amides is 1. The van der Waals surface area contributed by atoms with Crippen molar-refractivity contribution < 1.29 is 26.4 Å². The molecule has 0 aliphatic heterocycles. The van der Waals surface area contributed by atoms with Gasteiger partial charge in [-0.05, 0) is 30.3 Å². The molecule has 1 aromatic heterocycles. The van der Waals surface area contributed by atoms with Crippen molar-refractivity contribution >= 4 is 27.0 Å². The lowest BCUT2D eigenvalue weighted by Crippen LogP contribution is -2.35. The number of sulfonamides is 1. The molecule has 7 nitrogen and oxygen atoms in total. The molecule has 0 aliphatic rings. The first-order chi connectivity index (χ1) is 12.7. The van der Waals surface area contributed by atoms with Crippen LogP contribution < -0.4 is 10.1 Å². The normalized spacial score (nSPS) is 12.3. The largest absolute Gasteiger partial charge is 0.416 e. The molecular formula is C16H13F3N4O3S. The van der Waals surface area contributed by atoms with Crippen molar-refractivity contribution in [1.29, 1.82) is 0 Å². The molecule has 0 unspecified atom stereocenters. The summed E-state index contributed by atoms with van der Waals surface area (Å²) in [7, 11) is -4.30. The molecule has 0 aliphatic carbocycles. The number of hydrogen-bond acceptors (Lipinski definition) is 4. The maximum atomic E-state index is 12.7. The highest BCUT2D eigenvalue weighted by Gasteiger charge is 2.31. The lowest BCUT2D eigenvalue weighted by Gasteiger charge is -2.11. The van der Waals surface area contributed by atoms with Crippen molar-refractivity contribution in [1.82, 2.24) is 14.4 Å². The van der Waals surface area contributed by atoms with Crippen molar-refractivity contribution in [2.24, 2.45) is 0 Å². The van der Waals surface area contributed by atoms with E-state index < -0.39 is 39.1 Å². The standard InChI is InChI=1S/C16H13F3N4O3S/c17-16(18,19)11-4-3-5-12(8-11)27(25,26)21-9-15(24)22-23-10-20-13-6-1-2-7-14(13)23/h1-8,10,21H,9H2,(H,22,24). The maximum absolute atomic E-state index is 12.7. The van der Waals surface area contributed by atoms with Crippen molar-refractivity contribution in [3.8, 4) is 0 Å². The van der Waals surface area contributed by atoms with E-state index in [0.29, 0.717) is 17.1 Å². The van der Waals surface area contributed by atoms with E-state index in [0.717, 1.165) is 18.2 Å². The molecule has 2 aromatic carbocycles. The molecular weight excluding hydrogens is 385 g/mol. The van der Waals surface area contributed by atoms with E-state index in [-0.39, 0.29) is 0 Å². The molecule has 142 valence electrons. The summed E-state index contributed by atoms with van der Waals surface area (Å²) in [6, 6.07) is 10.2. The second-order valence-electron chi connectivity index (χ2n) is 5.49. The number of imidazole rings is 1. The number of hydrogen-bond donors (Lipinski definition) is 2. The van der Waals surface area contributed by atoms with Crippen LogP contribution in [0.25, 0.3) is 11.0 Å². The van der Waals surface area contributed by atoms with E-state index in [2.05, 4.69) is 10.4 Å². The number of carbonyl (C=O) groups excluding carboxylic acids is 1. The third-order valence-electron chi connectivity index (χ3n) is 3.59. The van der Waals surface area contributed by atoms with Gasteiger partial charge in [0.15, 0.2) is 0 Å². The van der Waals surface area contributed by atoms with Gasteiger partial charge in [0.05, 0.1) is 28.0 Å². The first kappa shape index (κ1) is 18.9. The number of nitrogens with zero attached hydrogens (tertiary/aromatic N) is 2. The van der Waals surface area contributed by atoms with E-state index in [1.54, 1.807) is 24.3 Å². The summed E-state index contributed by atoms with van der Waals surface area (Å²) in [6.07, 6.45) is -3.32. The van der Waals surface area contributed by atoms with Crippen LogP contribution in [0.15, 0.2) is 59.8 Å². The Kier molecular flexibility index (Phi) is 4.89. The summed E-state index contributed by atoms with van der Waals surface area (Å²) in [4.78, 5) is 15.5. The van der Waals surface area contributed by atoms with Crippen LogP contribution >= 0.6 is 0 Å². The number of fused-ring (bicyclic) bond motifs is 1. The minimum Gasteiger partial charge on any atom is -0.272 e. The first-order valence-corrected chi connectivity index (χ1v) is 9.04. The smallest absolute Gasteiger partial charge is 0.272 e. The Morgan fingerprint density at radius 3 is 2.59 bits per heavy atom. The number of para-hydroxylation sites is 2. The van der Waals surface area contributed by atoms with Crippen LogP contribution in [0, 0.1) is 0 Å². The molecule has 0 radical (unpaired) electrons. The molecule has 0 fully saturated rings. The highest BCUT2D eigenvalue weighted by molar-refractivity contribution is 7.89. The number of aromatic nitrogens is 2. The van der Waals surface area contributed by atoms with Crippen LogP contribution in [0.1, 0.15) is 5.56 Å². The van der Waals surface area contributed by atoms with E-state index in [1.165, 1.54) is 11.0 Å². The molecule has 27 heavy (non-hydrogen) atoms. The van der Waals surface area contributed by atoms with E-state index in [4.69, 9.17) is 0 Å². The van der Waals surface area contributed by atoms with Gasteiger partial charge in [-0.15, -0.1) is 0 Å². The third kappa shape index (κ3) is 4.26. The topological polar surface area (TPSA) is 93.1 Å². The summed E-state index contributed by atoms with van der Waals surface area (Å²) >= 11 is 0. The van der Waals surface area contributed by atoms with Gasteiger partial charge in [0.25, 0.3) is 5.91 Å². The zero-order chi connectivity index (χ0) is 19.7. The third-order valence-corrected chi connectivity index (χ3v) is 4.99. The van der Waals surface area contributed by atoms with Crippen LogP contribution in [0.2, 0.25) is 0 Å². The molecule has 0 bridgehead atoms. The van der Waals surface area contributed by atoms with Gasteiger partial charge in [0.1, 0.15) is 6.33 Å². The zero-order valence-corrected chi connectivity index (χ0v) is 14.4. The average molecular weight is 398 g/mol. The van der Waals surface area contributed by atoms with Crippen LogP contribution in [0.4, 0.5) is 13.2 Å². The van der Waals surface area contributed by atoms with E-state index >= 15 is 0 Å². The van der Waals surface area contributed by atoms with Gasteiger partial charge in [-0.1, -0.05) is 18.2 Å². The van der Waals surface area contributed by atoms with Crippen LogP contribution in [0.3, 0.4) is 0 Å².